The van der Waals surface area contributed by atoms with E-state index in [-0.39, 0.29) is 34.6 Å². The lowest BCUT2D eigenvalue weighted by Gasteiger charge is -2.57. The number of rotatable bonds is 1. The summed E-state index contributed by atoms with van der Waals surface area (Å²) < 4.78 is 5.75. The van der Waals surface area contributed by atoms with E-state index >= 15 is 0 Å². The molecule has 0 saturated heterocycles. The second-order valence-corrected chi connectivity index (χ2v) is 8.64. The van der Waals surface area contributed by atoms with E-state index in [1.807, 2.05) is 13.8 Å². The van der Waals surface area contributed by atoms with Crippen molar-refractivity contribution in [1.29, 1.82) is 0 Å². The molecule has 116 valence electrons. The van der Waals surface area contributed by atoms with Crippen LogP contribution in [0.25, 0.3) is 0 Å². The molecule has 4 bridgehead atoms. The Balaban J connectivity index is 1.97. The molecule has 5 fully saturated rings. The number of carbonyl (C=O) groups is 2. The van der Waals surface area contributed by atoms with Crippen molar-refractivity contribution in [3.63, 3.8) is 0 Å². The predicted molar refractivity (Wildman–Crippen MR) is 75.2 cm³/mol. The number of aliphatic hydroxyl groups is 1. The van der Waals surface area contributed by atoms with Gasteiger partial charge in [0.15, 0.2) is 0 Å². The molecule has 1 spiro atoms. The highest BCUT2D eigenvalue weighted by Gasteiger charge is 2.98. The van der Waals surface area contributed by atoms with E-state index in [0.29, 0.717) is 12.3 Å². The predicted octanol–water partition coefficient (Wildman–Crippen LogP) is 1.94. The fraction of sp³-hybridized carbons (Fsp3) is 0.882. The Labute approximate surface area is 125 Å². The molecule has 0 aromatic rings. The van der Waals surface area contributed by atoms with Gasteiger partial charge in [-0.25, -0.2) is 0 Å². The Bertz CT molecular complexity index is 581. The molecule has 5 rings (SSSR count). The van der Waals surface area contributed by atoms with Gasteiger partial charge in [-0.05, 0) is 23.7 Å². The van der Waals surface area contributed by atoms with Crippen LogP contribution in [0, 0.1) is 33.5 Å². The minimum absolute atomic E-state index is 0.108. The van der Waals surface area contributed by atoms with E-state index in [1.165, 1.54) is 6.92 Å². The third kappa shape index (κ3) is 0.990. The van der Waals surface area contributed by atoms with E-state index in [9.17, 15) is 14.7 Å². The van der Waals surface area contributed by atoms with Gasteiger partial charge in [-0.1, -0.05) is 27.7 Å². The van der Waals surface area contributed by atoms with Crippen molar-refractivity contribution in [2.45, 2.75) is 59.7 Å². The molecular weight excluding hydrogens is 268 g/mol. The third-order valence-corrected chi connectivity index (χ3v) is 7.94. The molecule has 0 aromatic carbocycles. The SMILES string of the molecule is CC(=O)O[C@@H]1[C@]2(C)[C@@H]3[C@@H](O)[C@]14C(C)(C)C(=O)CC[C@]4(C)[C@@H]32. The molecule has 7 atom stereocenters. The van der Waals surface area contributed by atoms with Crippen LogP contribution in [-0.2, 0) is 14.3 Å². The molecule has 0 heterocycles. The summed E-state index contributed by atoms with van der Waals surface area (Å²) in [6, 6.07) is 0. The van der Waals surface area contributed by atoms with Crippen LogP contribution < -0.4 is 0 Å². The molecule has 4 nitrogen and oxygen atoms in total. The van der Waals surface area contributed by atoms with Crippen molar-refractivity contribution >= 4 is 11.8 Å². The molecule has 0 amide bonds. The summed E-state index contributed by atoms with van der Waals surface area (Å²) in [5.41, 5.74) is -1.53. The maximum absolute atomic E-state index is 12.6. The fourth-order valence-electron chi connectivity index (χ4n) is 7.41. The zero-order valence-electron chi connectivity index (χ0n) is 13.4. The molecule has 0 unspecified atom stereocenters. The maximum atomic E-state index is 12.6. The largest absolute Gasteiger partial charge is 0.461 e. The number of carbonyl (C=O) groups excluding carboxylic acids is 2. The average molecular weight is 292 g/mol. The van der Waals surface area contributed by atoms with Crippen LogP contribution in [0.15, 0.2) is 0 Å². The van der Waals surface area contributed by atoms with Crippen LogP contribution in [0.3, 0.4) is 0 Å². The van der Waals surface area contributed by atoms with E-state index < -0.39 is 16.9 Å². The normalized spacial score (nSPS) is 58.9. The molecule has 0 radical (unpaired) electrons. The Morgan fingerprint density at radius 1 is 1.29 bits per heavy atom. The van der Waals surface area contributed by atoms with Crippen LogP contribution in [0.4, 0.5) is 0 Å². The van der Waals surface area contributed by atoms with Crippen molar-refractivity contribution in [1.82, 2.24) is 0 Å². The third-order valence-electron chi connectivity index (χ3n) is 7.94. The number of ether oxygens (including phenoxy) is 1. The number of hydrogen-bond donors (Lipinski definition) is 1. The highest BCUT2D eigenvalue weighted by atomic mass is 16.5. The standard InChI is InChI=1S/C17H24O4/c1-8(18)21-13-16(5)10-11(16)15(4)7-6-9(19)14(2,3)17(13,15)12(10)20/h10-13,20H,6-7H2,1-5H3/t10-,11+,12+,13+,15+,16+,17+/m0/s1. The second-order valence-electron chi connectivity index (χ2n) is 8.64. The minimum atomic E-state index is -0.652. The summed E-state index contributed by atoms with van der Waals surface area (Å²) in [6.45, 7) is 9.67. The number of aliphatic hydroxyl groups excluding tert-OH is 1. The summed E-state index contributed by atoms with van der Waals surface area (Å²) in [7, 11) is 0. The summed E-state index contributed by atoms with van der Waals surface area (Å²) >= 11 is 0. The first-order valence-corrected chi connectivity index (χ1v) is 7.96. The van der Waals surface area contributed by atoms with Gasteiger partial charge in [-0.3, -0.25) is 9.59 Å². The Morgan fingerprint density at radius 2 is 1.90 bits per heavy atom. The van der Waals surface area contributed by atoms with Crippen LogP contribution >= 0.6 is 0 Å². The first-order valence-electron chi connectivity index (χ1n) is 7.96. The van der Waals surface area contributed by atoms with Gasteiger partial charge >= 0.3 is 5.97 Å². The molecule has 5 aliphatic rings. The van der Waals surface area contributed by atoms with Crippen LogP contribution in [0.1, 0.15) is 47.5 Å². The van der Waals surface area contributed by atoms with Gasteiger partial charge in [0.1, 0.15) is 11.9 Å². The summed E-state index contributed by atoms with van der Waals surface area (Å²) in [5, 5.41) is 11.1. The van der Waals surface area contributed by atoms with Gasteiger partial charge < -0.3 is 9.84 Å². The lowest BCUT2D eigenvalue weighted by Crippen LogP contribution is -2.62. The van der Waals surface area contributed by atoms with Crippen molar-refractivity contribution < 1.29 is 19.4 Å². The lowest BCUT2D eigenvalue weighted by atomic mass is 9.47. The molecule has 0 aliphatic heterocycles. The molecule has 5 aliphatic carbocycles. The Morgan fingerprint density at radius 3 is 2.48 bits per heavy atom. The number of Topliss-reactive ketones (excluding diaryl/α,β-unsaturated/α-hetero) is 1. The van der Waals surface area contributed by atoms with E-state index in [4.69, 9.17) is 4.74 Å². The van der Waals surface area contributed by atoms with Gasteiger partial charge in [0.2, 0.25) is 0 Å². The number of hydrogen-bond acceptors (Lipinski definition) is 4. The maximum Gasteiger partial charge on any atom is 0.302 e. The van der Waals surface area contributed by atoms with Gasteiger partial charge in [0.25, 0.3) is 0 Å². The smallest absolute Gasteiger partial charge is 0.302 e. The summed E-state index contributed by atoms with van der Waals surface area (Å²) in [6.07, 6.45) is 0.503. The molecule has 0 aromatic heterocycles. The van der Waals surface area contributed by atoms with Crippen molar-refractivity contribution in [2.24, 2.45) is 33.5 Å². The van der Waals surface area contributed by atoms with Crippen LogP contribution in [0.5, 0.6) is 0 Å². The van der Waals surface area contributed by atoms with Gasteiger partial charge in [0.05, 0.1) is 11.5 Å². The molecular formula is C17H24O4. The molecule has 5 saturated carbocycles. The second kappa shape index (κ2) is 3.22. The molecule has 1 N–H and O–H groups in total. The molecule has 21 heavy (non-hydrogen) atoms. The molecule has 4 heteroatoms. The van der Waals surface area contributed by atoms with E-state index in [0.717, 1.165) is 6.42 Å². The zero-order valence-corrected chi connectivity index (χ0v) is 13.4. The Hall–Kier alpha value is -0.900. The monoisotopic (exact) mass is 292 g/mol. The zero-order chi connectivity index (χ0) is 15.6. The first kappa shape index (κ1) is 13.7. The van der Waals surface area contributed by atoms with Crippen molar-refractivity contribution in [2.75, 3.05) is 0 Å². The van der Waals surface area contributed by atoms with Crippen LogP contribution in [-0.4, -0.2) is 29.1 Å². The quantitative estimate of drug-likeness (QED) is 0.750. The van der Waals surface area contributed by atoms with Crippen LogP contribution in [0.2, 0.25) is 0 Å². The van der Waals surface area contributed by atoms with Gasteiger partial charge in [-0.2, -0.15) is 0 Å². The summed E-state index contributed by atoms with van der Waals surface area (Å²) in [4.78, 5) is 24.3. The van der Waals surface area contributed by atoms with E-state index in [1.54, 1.807) is 0 Å². The highest BCUT2D eigenvalue weighted by Crippen LogP contribution is 2.94. The minimum Gasteiger partial charge on any atom is -0.461 e. The highest BCUT2D eigenvalue weighted by molar-refractivity contribution is 5.88. The fourth-order valence-corrected chi connectivity index (χ4v) is 7.41. The van der Waals surface area contributed by atoms with Gasteiger partial charge in [0, 0.05) is 24.2 Å². The Kier molecular flexibility index (Phi) is 2.11. The summed E-state index contributed by atoms with van der Waals surface area (Å²) in [5.74, 6) is 0.438. The van der Waals surface area contributed by atoms with Gasteiger partial charge in [-0.15, -0.1) is 0 Å². The number of esters is 1. The average Bonchev–Trinajstić information content (AvgIpc) is 2.80. The van der Waals surface area contributed by atoms with Crippen molar-refractivity contribution in [3.8, 4) is 0 Å². The van der Waals surface area contributed by atoms with Crippen molar-refractivity contribution in [3.05, 3.63) is 0 Å². The number of ketones is 1. The first-order chi connectivity index (χ1) is 9.58. The topological polar surface area (TPSA) is 63.6 Å². The van der Waals surface area contributed by atoms with E-state index in [2.05, 4.69) is 13.8 Å². The lowest BCUT2D eigenvalue weighted by molar-refractivity contribution is -0.196.